The van der Waals surface area contributed by atoms with Crippen molar-refractivity contribution in [1.82, 2.24) is 5.32 Å². The van der Waals surface area contributed by atoms with Gasteiger partial charge in [-0.3, -0.25) is 4.79 Å². The molecule has 0 aliphatic heterocycles. The normalized spacial score (nSPS) is 11.4. The Bertz CT molecular complexity index is 360. The second kappa shape index (κ2) is 26.6. The van der Waals surface area contributed by atoms with Gasteiger partial charge in [0.1, 0.15) is 6.10 Å². The monoisotopic (exact) mass is 455 g/mol. The minimum absolute atomic E-state index is 0.0256. The second-order valence-corrected chi connectivity index (χ2v) is 9.57. The van der Waals surface area contributed by atoms with Gasteiger partial charge in [0.05, 0.1) is 0 Å². The molecule has 0 rings (SSSR count). The van der Waals surface area contributed by atoms with Crippen molar-refractivity contribution in [2.75, 3.05) is 19.7 Å². The molecule has 0 saturated carbocycles. The number of carbonyl (C=O) groups is 1. The summed E-state index contributed by atoms with van der Waals surface area (Å²) in [6, 6.07) is 0. The third kappa shape index (κ3) is 24.0. The topological polar surface area (TPSA) is 58.6 Å². The molecule has 0 radical (unpaired) electrons. The Morgan fingerprint density at radius 1 is 0.656 bits per heavy atom. The molecule has 0 aromatic heterocycles. The lowest BCUT2D eigenvalue weighted by molar-refractivity contribution is -0.150. The van der Waals surface area contributed by atoms with E-state index >= 15 is 0 Å². The third-order valence-corrected chi connectivity index (χ3v) is 6.30. The molecule has 0 aromatic carbocycles. The van der Waals surface area contributed by atoms with Crippen LogP contribution in [0.2, 0.25) is 0 Å². The van der Waals surface area contributed by atoms with Gasteiger partial charge in [-0.2, -0.15) is 0 Å². The number of esters is 1. The Morgan fingerprint density at radius 2 is 1.12 bits per heavy atom. The van der Waals surface area contributed by atoms with Gasteiger partial charge in [0.25, 0.3) is 0 Å². The first-order chi connectivity index (χ1) is 15.7. The minimum Gasteiger partial charge on any atom is -0.462 e. The summed E-state index contributed by atoms with van der Waals surface area (Å²) in [5, 5.41) is 12.1. The van der Waals surface area contributed by atoms with Crippen LogP contribution in [0.4, 0.5) is 0 Å². The molecular formula is C28H57NO3. The lowest BCUT2D eigenvalue weighted by atomic mass is 10.0. The molecule has 4 heteroatoms. The zero-order valence-electron chi connectivity index (χ0n) is 21.8. The van der Waals surface area contributed by atoms with Crippen molar-refractivity contribution in [3.05, 3.63) is 0 Å². The predicted octanol–water partition coefficient (Wildman–Crippen LogP) is 7.71. The highest BCUT2D eigenvalue weighted by molar-refractivity contribution is 5.69. The molecule has 4 nitrogen and oxygen atoms in total. The molecule has 2 N–H and O–H groups in total. The van der Waals surface area contributed by atoms with E-state index in [1.807, 2.05) is 0 Å². The van der Waals surface area contributed by atoms with E-state index < -0.39 is 0 Å². The van der Waals surface area contributed by atoms with E-state index in [1.54, 1.807) is 0 Å². The van der Waals surface area contributed by atoms with E-state index in [4.69, 9.17) is 9.84 Å². The fraction of sp³-hybridized carbons (Fsp3) is 0.964. The number of unbranched alkanes of at least 4 members (excludes halogenated alkanes) is 14. The molecule has 0 aliphatic rings. The fourth-order valence-corrected chi connectivity index (χ4v) is 4.19. The summed E-state index contributed by atoms with van der Waals surface area (Å²) in [4.78, 5) is 12.4. The largest absolute Gasteiger partial charge is 0.462 e. The molecule has 0 bridgehead atoms. The summed E-state index contributed by atoms with van der Waals surface area (Å²) in [5.41, 5.74) is 0. The number of nitrogens with one attached hydrogen (secondary N) is 1. The molecular weight excluding hydrogens is 398 g/mol. The Labute approximate surface area is 200 Å². The van der Waals surface area contributed by atoms with Crippen LogP contribution in [0.5, 0.6) is 0 Å². The number of aliphatic hydroxyl groups is 1. The lowest BCUT2D eigenvalue weighted by Crippen LogP contribution is -2.18. The van der Waals surface area contributed by atoms with E-state index in [0.717, 1.165) is 45.2 Å². The van der Waals surface area contributed by atoms with E-state index in [9.17, 15) is 4.79 Å². The van der Waals surface area contributed by atoms with Crippen LogP contribution in [0, 0.1) is 0 Å². The molecule has 0 aromatic rings. The van der Waals surface area contributed by atoms with Gasteiger partial charge in [-0.25, -0.2) is 0 Å². The average molecular weight is 456 g/mol. The van der Waals surface area contributed by atoms with E-state index in [2.05, 4.69) is 19.2 Å². The number of aliphatic hydroxyl groups excluding tert-OH is 1. The van der Waals surface area contributed by atoms with Crippen molar-refractivity contribution in [3.8, 4) is 0 Å². The molecule has 0 spiro atoms. The van der Waals surface area contributed by atoms with Crippen molar-refractivity contribution in [3.63, 3.8) is 0 Å². The maximum absolute atomic E-state index is 12.4. The summed E-state index contributed by atoms with van der Waals surface area (Å²) in [6.45, 7) is 6.71. The van der Waals surface area contributed by atoms with Gasteiger partial charge in [0.2, 0.25) is 0 Å². The summed E-state index contributed by atoms with van der Waals surface area (Å²) in [7, 11) is 0. The summed E-state index contributed by atoms with van der Waals surface area (Å²) in [5.74, 6) is 0.0256. The van der Waals surface area contributed by atoms with Gasteiger partial charge in [0.15, 0.2) is 0 Å². The van der Waals surface area contributed by atoms with Crippen LogP contribution >= 0.6 is 0 Å². The molecule has 192 valence electrons. The van der Waals surface area contributed by atoms with Crippen LogP contribution in [-0.4, -0.2) is 36.9 Å². The molecule has 0 saturated heterocycles. The third-order valence-electron chi connectivity index (χ3n) is 6.30. The maximum atomic E-state index is 12.4. The van der Waals surface area contributed by atoms with Crippen LogP contribution in [0.15, 0.2) is 0 Å². The summed E-state index contributed by atoms with van der Waals surface area (Å²) >= 11 is 0. The van der Waals surface area contributed by atoms with Crippen LogP contribution in [-0.2, 0) is 9.53 Å². The van der Waals surface area contributed by atoms with Crippen molar-refractivity contribution in [2.24, 2.45) is 0 Å². The van der Waals surface area contributed by atoms with Gasteiger partial charge in [-0.15, -0.1) is 0 Å². The number of ether oxygens (including phenoxy) is 1. The fourth-order valence-electron chi connectivity index (χ4n) is 4.19. The first-order valence-corrected chi connectivity index (χ1v) is 14.3. The van der Waals surface area contributed by atoms with Crippen molar-refractivity contribution in [2.45, 2.75) is 155 Å². The first-order valence-electron chi connectivity index (χ1n) is 14.3. The van der Waals surface area contributed by atoms with Crippen LogP contribution in [0.1, 0.15) is 149 Å². The Morgan fingerprint density at radius 3 is 1.69 bits per heavy atom. The zero-order valence-corrected chi connectivity index (χ0v) is 21.8. The standard InChI is InChI=1S/C28H57NO3/c1-3-5-7-9-12-16-21-27(22-17-13-10-8-6-4-2)32-28(31)23-18-14-11-15-19-24-29-25-20-26-30/h27,29-30H,3-26H2,1-2H3. The van der Waals surface area contributed by atoms with Crippen molar-refractivity contribution >= 4 is 5.97 Å². The van der Waals surface area contributed by atoms with Crippen molar-refractivity contribution in [1.29, 1.82) is 0 Å². The zero-order chi connectivity index (χ0) is 23.5. The Kier molecular flexibility index (Phi) is 26.1. The van der Waals surface area contributed by atoms with Crippen LogP contribution in [0.3, 0.4) is 0 Å². The Hall–Kier alpha value is -0.610. The highest BCUT2D eigenvalue weighted by Crippen LogP contribution is 2.18. The Balaban J connectivity index is 3.91. The van der Waals surface area contributed by atoms with Crippen molar-refractivity contribution < 1.29 is 14.6 Å². The molecule has 32 heavy (non-hydrogen) atoms. The first kappa shape index (κ1) is 31.4. The highest BCUT2D eigenvalue weighted by atomic mass is 16.5. The molecule has 0 amide bonds. The van der Waals surface area contributed by atoms with Gasteiger partial charge >= 0.3 is 5.97 Å². The number of carbonyl (C=O) groups excluding carboxylic acids is 1. The summed E-state index contributed by atoms with van der Waals surface area (Å²) < 4.78 is 5.92. The minimum atomic E-state index is 0.0256. The number of rotatable bonds is 26. The maximum Gasteiger partial charge on any atom is 0.306 e. The molecule has 0 aliphatic carbocycles. The van der Waals surface area contributed by atoms with Crippen LogP contribution in [0.25, 0.3) is 0 Å². The molecule has 0 atom stereocenters. The number of hydrogen-bond acceptors (Lipinski definition) is 4. The van der Waals surface area contributed by atoms with Gasteiger partial charge < -0.3 is 15.2 Å². The molecule has 0 fully saturated rings. The van der Waals surface area contributed by atoms with Crippen LogP contribution < -0.4 is 5.32 Å². The van der Waals surface area contributed by atoms with Gasteiger partial charge in [-0.05, 0) is 58.0 Å². The van der Waals surface area contributed by atoms with E-state index in [1.165, 1.54) is 96.3 Å². The number of hydrogen-bond donors (Lipinski definition) is 2. The second-order valence-electron chi connectivity index (χ2n) is 9.57. The summed E-state index contributed by atoms with van der Waals surface area (Å²) in [6.07, 6.45) is 24.9. The average Bonchev–Trinajstić information content (AvgIpc) is 2.79. The van der Waals surface area contributed by atoms with Gasteiger partial charge in [0, 0.05) is 13.0 Å². The lowest BCUT2D eigenvalue weighted by Gasteiger charge is -2.18. The predicted molar refractivity (Wildman–Crippen MR) is 138 cm³/mol. The quantitative estimate of drug-likeness (QED) is 0.104. The van der Waals surface area contributed by atoms with E-state index in [0.29, 0.717) is 6.42 Å². The molecule has 0 unspecified atom stereocenters. The van der Waals surface area contributed by atoms with E-state index in [-0.39, 0.29) is 18.7 Å². The smallest absolute Gasteiger partial charge is 0.306 e. The molecule has 0 heterocycles. The highest BCUT2D eigenvalue weighted by Gasteiger charge is 2.14. The van der Waals surface area contributed by atoms with Gasteiger partial charge in [-0.1, -0.05) is 97.3 Å². The SMILES string of the molecule is CCCCCCCCC(CCCCCCCC)OC(=O)CCCCCCCNCCCO.